The minimum atomic E-state index is -0.320. The molecule has 0 unspecified atom stereocenters. The van der Waals surface area contributed by atoms with E-state index in [2.05, 4.69) is 20.9 Å². The van der Waals surface area contributed by atoms with Gasteiger partial charge in [-0.25, -0.2) is 9.37 Å². The third-order valence-electron chi connectivity index (χ3n) is 1.96. The summed E-state index contributed by atoms with van der Waals surface area (Å²) in [6.07, 6.45) is 1.48. The average Bonchev–Trinajstić information content (AvgIpc) is 2.17. The Balaban J connectivity index is 2.54. The molecule has 0 amide bonds. The molecule has 76 valence electrons. The first-order chi connectivity index (χ1) is 7.16. The molecule has 2 rings (SSSR count). The Morgan fingerprint density at radius 2 is 2.07 bits per heavy atom. The predicted molar refractivity (Wildman–Crippen MR) is 62.3 cm³/mol. The van der Waals surface area contributed by atoms with Gasteiger partial charge in [0.05, 0.1) is 0 Å². The van der Waals surface area contributed by atoms with Crippen LogP contribution >= 0.6 is 27.5 Å². The molecule has 0 saturated heterocycles. The highest BCUT2D eigenvalue weighted by Crippen LogP contribution is 2.25. The van der Waals surface area contributed by atoms with Gasteiger partial charge in [0.2, 0.25) is 0 Å². The van der Waals surface area contributed by atoms with Crippen molar-refractivity contribution in [1.29, 1.82) is 0 Å². The van der Waals surface area contributed by atoms with Crippen LogP contribution in [0, 0.1) is 5.82 Å². The maximum Gasteiger partial charge on any atom is 0.135 e. The van der Waals surface area contributed by atoms with Gasteiger partial charge in [-0.05, 0) is 33.6 Å². The topological polar surface area (TPSA) is 12.9 Å². The molecule has 0 saturated carbocycles. The van der Waals surface area contributed by atoms with E-state index in [-0.39, 0.29) is 5.82 Å². The maximum atomic E-state index is 13.6. The predicted octanol–water partition coefficient (Wildman–Crippen LogP) is 4.30. The van der Waals surface area contributed by atoms with Gasteiger partial charge in [0.15, 0.2) is 0 Å². The Morgan fingerprint density at radius 1 is 1.27 bits per heavy atom. The fourth-order valence-corrected chi connectivity index (χ4v) is 1.77. The summed E-state index contributed by atoms with van der Waals surface area (Å²) in [7, 11) is 0. The summed E-state index contributed by atoms with van der Waals surface area (Å²) in [4.78, 5) is 3.98. The lowest BCUT2D eigenvalue weighted by Crippen LogP contribution is -1.87. The van der Waals surface area contributed by atoms with Crippen molar-refractivity contribution in [3.05, 3.63) is 52.0 Å². The van der Waals surface area contributed by atoms with E-state index < -0.39 is 0 Å². The highest BCUT2D eigenvalue weighted by Gasteiger charge is 2.06. The molecule has 0 aliphatic heterocycles. The molecule has 1 aromatic carbocycles. The number of aromatic nitrogens is 1. The van der Waals surface area contributed by atoms with Crippen LogP contribution in [-0.2, 0) is 0 Å². The Morgan fingerprint density at radius 3 is 2.73 bits per heavy atom. The van der Waals surface area contributed by atoms with Crippen molar-refractivity contribution in [2.75, 3.05) is 0 Å². The molecule has 1 heterocycles. The van der Waals surface area contributed by atoms with E-state index in [1.807, 2.05) is 0 Å². The van der Waals surface area contributed by atoms with Gasteiger partial charge in [-0.1, -0.05) is 23.7 Å². The lowest BCUT2D eigenvalue weighted by Gasteiger charge is -2.03. The summed E-state index contributed by atoms with van der Waals surface area (Å²) in [6.45, 7) is 0. The van der Waals surface area contributed by atoms with Crippen LogP contribution < -0.4 is 0 Å². The number of halogens is 3. The molecule has 15 heavy (non-hydrogen) atoms. The lowest BCUT2D eigenvalue weighted by atomic mass is 10.1. The Hall–Kier alpha value is -0.930. The number of nitrogens with zero attached hydrogens (tertiary/aromatic N) is 1. The molecule has 0 spiro atoms. The first-order valence-electron chi connectivity index (χ1n) is 4.24. The van der Waals surface area contributed by atoms with Crippen molar-refractivity contribution in [3.63, 3.8) is 0 Å². The van der Waals surface area contributed by atoms with Crippen molar-refractivity contribution in [3.8, 4) is 11.1 Å². The summed E-state index contributed by atoms with van der Waals surface area (Å²) in [5.74, 6) is -0.320. The van der Waals surface area contributed by atoms with Crippen LogP contribution in [-0.4, -0.2) is 4.98 Å². The molecule has 0 bridgehead atoms. The molecule has 1 nitrogen and oxygen atoms in total. The summed E-state index contributed by atoms with van der Waals surface area (Å²) >= 11 is 8.93. The standard InChI is InChI=1S/C11H6BrClFN/c12-11-5-10(14)9(6-15-11)7-2-1-3-8(13)4-7/h1-6H. The van der Waals surface area contributed by atoms with Gasteiger partial charge < -0.3 is 0 Å². The molecule has 4 heteroatoms. The van der Waals surface area contributed by atoms with Crippen molar-refractivity contribution in [2.24, 2.45) is 0 Å². The molecule has 1 aromatic heterocycles. The first-order valence-corrected chi connectivity index (χ1v) is 5.41. The van der Waals surface area contributed by atoms with Crippen molar-refractivity contribution >= 4 is 27.5 Å². The second-order valence-electron chi connectivity index (χ2n) is 3.00. The van der Waals surface area contributed by atoms with E-state index in [4.69, 9.17) is 11.6 Å². The molecular formula is C11H6BrClFN. The van der Waals surface area contributed by atoms with Gasteiger partial charge in [0.25, 0.3) is 0 Å². The molecule has 0 aliphatic rings. The molecule has 0 radical (unpaired) electrons. The number of hydrogen-bond acceptors (Lipinski definition) is 1. The monoisotopic (exact) mass is 285 g/mol. The fourth-order valence-electron chi connectivity index (χ4n) is 1.28. The summed E-state index contributed by atoms with van der Waals surface area (Å²) in [5, 5.41) is 0.579. The summed E-state index contributed by atoms with van der Waals surface area (Å²) in [5.41, 5.74) is 1.17. The van der Waals surface area contributed by atoms with Crippen LogP contribution in [0.2, 0.25) is 5.02 Å². The summed E-state index contributed by atoms with van der Waals surface area (Å²) < 4.78 is 14.0. The van der Waals surface area contributed by atoms with E-state index >= 15 is 0 Å². The molecule has 2 aromatic rings. The molecule has 0 atom stereocenters. The minimum Gasteiger partial charge on any atom is -0.249 e. The Bertz CT molecular complexity index is 502. The number of benzene rings is 1. The first kappa shape index (κ1) is 10.6. The third kappa shape index (κ3) is 2.36. The fraction of sp³-hybridized carbons (Fsp3) is 0. The molecule has 0 fully saturated rings. The van der Waals surface area contributed by atoms with E-state index in [1.54, 1.807) is 24.3 Å². The van der Waals surface area contributed by atoms with Crippen LogP contribution in [0.15, 0.2) is 41.1 Å². The highest BCUT2D eigenvalue weighted by molar-refractivity contribution is 9.10. The molecular weight excluding hydrogens is 280 g/mol. The van der Waals surface area contributed by atoms with E-state index in [9.17, 15) is 4.39 Å². The Kier molecular flexibility index (Phi) is 3.03. The van der Waals surface area contributed by atoms with E-state index in [1.165, 1.54) is 12.3 Å². The second kappa shape index (κ2) is 4.29. The minimum absolute atomic E-state index is 0.320. The SMILES string of the molecule is Fc1cc(Br)ncc1-c1cccc(Cl)c1. The zero-order valence-electron chi connectivity index (χ0n) is 7.55. The van der Waals surface area contributed by atoms with Crippen LogP contribution in [0.1, 0.15) is 0 Å². The smallest absolute Gasteiger partial charge is 0.135 e. The van der Waals surface area contributed by atoms with Crippen LogP contribution in [0.4, 0.5) is 4.39 Å². The van der Waals surface area contributed by atoms with Crippen molar-refractivity contribution in [1.82, 2.24) is 4.98 Å². The second-order valence-corrected chi connectivity index (χ2v) is 4.25. The highest BCUT2D eigenvalue weighted by atomic mass is 79.9. The van der Waals surface area contributed by atoms with Gasteiger partial charge in [0, 0.05) is 22.8 Å². The Labute approximate surface area is 100 Å². The van der Waals surface area contributed by atoms with Crippen molar-refractivity contribution < 1.29 is 4.39 Å². The number of pyridine rings is 1. The van der Waals surface area contributed by atoms with Crippen LogP contribution in [0.5, 0.6) is 0 Å². The van der Waals surface area contributed by atoms with Gasteiger partial charge in [-0.15, -0.1) is 0 Å². The van der Waals surface area contributed by atoms with Gasteiger partial charge >= 0.3 is 0 Å². The zero-order valence-corrected chi connectivity index (χ0v) is 9.89. The molecule has 0 aliphatic carbocycles. The number of rotatable bonds is 1. The van der Waals surface area contributed by atoms with Gasteiger partial charge in [-0.2, -0.15) is 0 Å². The zero-order chi connectivity index (χ0) is 10.8. The average molecular weight is 287 g/mol. The quantitative estimate of drug-likeness (QED) is 0.712. The summed E-state index contributed by atoms with van der Waals surface area (Å²) in [6, 6.07) is 8.35. The maximum absolute atomic E-state index is 13.6. The van der Waals surface area contributed by atoms with Crippen LogP contribution in [0.3, 0.4) is 0 Å². The normalized spacial score (nSPS) is 10.3. The van der Waals surface area contributed by atoms with Gasteiger partial charge in [-0.3, -0.25) is 0 Å². The molecule has 0 N–H and O–H groups in total. The lowest BCUT2D eigenvalue weighted by molar-refractivity contribution is 0.628. The van der Waals surface area contributed by atoms with E-state index in [0.29, 0.717) is 15.2 Å². The van der Waals surface area contributed by atoms with Gasteiger partial charge in [0.1, 0.15) is 10.4 Å². The van der Waals surface area contributed by atoms with Crippen LogP contribution in [0.25, 0.3) is 11.1 Å². The van der Waals surface area contributed by atoms with E-state index in [0.717, 1.165) is 5.56 Å². The third-order valence-corrected chi connectivity index (χ3v) is 2.62. The number of hydrogen-bond donors (Lipinski definition) is 0. The largest absolute Gasteiger partial charge is 0.249 e. The van der Waals surface area contributed by atoms with Crippen molar-refractivity contribution in [2.45, 2.75) is 0 Å².